The Bertz CT molecular complexity index is 899. The van der Waals surface area contributed by atoms with Crippen molar-refractivity contribution in [3.63, 3.8) is 0 Å². The number of carboxylic acid groups (broad SMARTS) is 1. The third kappa shape index (κ3) is 7.43. The van der Waals surface area contributed by atoms with Gasteiger partial charge in [0.05, 0.1) is 38.1 Å². The number of aliphatic carboxylic acids is 1. The van der Waals surface area contributed by atoms with Crippen molar-refractivity contribution in [2.75, 3.05) is 26.2 Å². The summed E-state index contributed by atoms with van der Waals surface area (Å²) >= 11 is 0. The van der Waals surface area contributed by atoms with Crippen LogP contribution in [0.15, 0.2) is 54.6 Å². The largest absolute Gasteiger partial charge is 0.548 e. The standard InChI is InChI=1S/C26H34N2O3.C2H6/c1-19-8-7-11-23(14-19)26(3)12-13-28(17-20(26)2)18-22(25(31)27-16-24(29)30)15-21-9-5-4-6-10-21;1-2/h4-11,14,20,22H,12-13,15-18H2,1-3H3,(H,27,31)(H,29,30);1-2H3/t20-,22-,26+;/m0./s1. The van der Waals surface area contributed by atoms with Crippen molar-refractivity contribution in [2.45, 2.75) is 52.9 Å². The highest BCUT2D eigenvalue weighted by atomic mass is 16.4. The van der Waals surface area contributed by atoms with E-state index in [0.717, 1.165) is 25.1 Å². The zero-order valence-corrected chi connectivity index (χ0v) is 20.8. The molecule has 180 valence electrons. The number of benzene rings is 2. The molecule has 3 rings (SSSR count). The molecule has 0 bridgehead atoms. The number of nitrogens with one attached hydrogen (secondary N) is 2. The van der Waals surface area contributed by atoms with Crippen molar-refractivity contribution >= 4 is 11.9 Å². The predicted octanol–water partition coefficient (Wildman–Crippen LogP) is 1.93. The number of carbonyl (C=O) groups is 2. The van der Waals surface area contributed by atoms with E-state index in [0.29, 0.717) is 18.9 Å². The molecular formula is C28H40N2O3. The summed E-state index contributed by atoms with van der Waals surface area (Å²) in [4.78, 5) is 25.0. The Kier molecular flexibility index (Phi) is 10.1. The van der Waals surface area contributed by atoms with Crippen molar-refractivity contribution in [2.24, 2.45) is 11.8 Å². The minimum absolute atomic E-state index is 0.127. The van der Waals surface area contributed by atoms with E-state index in [1.807, 2.05) is 44.2 Å². The van der Waals surface area contributed by atoms with E-state index < -0.39 is 12.5 Å². The van der Waals surface area contributed by atoms with Gasteiger partial charge in [0.25, 0.3) is 0 Å². The second-order valence-electron chi connectivity index (χ2n) is 9.32. The lowest BCUT2D eigenvalue weighted by molar-refractivity contribution is -0.912. The van der Waals surface area contributed by atoms with E-state index in [9.17, 15) is 14.7 Å². The Morgan fingerprint density at radius 1 is 1.15 bits per heavy atom. The van der Waals surface area contributed by atoms with Crippen molar-refractivity contribution in [3.8, 4) is 0 Å². The molecule has 2 aromatic rings. The van der Waals surface area contributed by atoms with Gasteiger partial charge < -0.3 is 20.1 Å². The number of quaternary nitrogens is 1. The SMILES string of the molecule is CC.Cc1cccc([C@]2(C)CC[NH+](C[C@H](Cc3ccccc3)C(=O)NCC(=O)[O-])C[C@@H]2C)c1. The Hall–Kier alpha value is -2.66. The summed E-state index contributed by atoms with van der Waals surface area (Å²) in [5.41, 5.74) is 3.90. The number of carboxylic acids is 1. The molecule has 2 aromatic carbocycles. The second kappa shape index (κ2) is 12.5. The van der Waals surface area contributed by atoms with E-state index in [-0.39, 0.29) is 17.2 Å². The molecule has 0 spiro atoms. The highest BCUT2D eigenvalue weighted by molar-refractivity contribution is 5.82. The first-order chi connectivity index (χ1) is 15.8. The first-order valence-corrected chi connectivity index (χ1v) is 12.2. The van der Waals surface area contributed by atoms with Gasteiger partial charge in [-0.25, -0.2) is 0 Å². The molecule has 0 saturated carbocycles. The second-order valence-corrected chi connectivity index (χ2v) is 9.32. The number of aryl methyl sites for hydroxylation is 1. The molecule has 1 amide bonds. The van der Waals surface area contributed by atoms with E-state index in [4.69, 9.17) is 0 Å². The lowest BCUT2D eigenvalue weighted by atomic mass is 9.67. The number of hydrogen-bond acceptors (Lipinski definition) is 3. The summed E-state index contributed by atoms with van der Waals surface area (Å²) in [6.07, 6.45) is 1.67. The van der Waals surface area contributed by atoms with Gasteiger partial charge in [-0.1, -0.05) is 87.9 Å². The van der Waals surface area contributed by atoms with Crippen LogP contribution in [0.5, 0.6) is 0 Å². The van der Waals surface area contributed by atoms with Crippen molar-refractivity contribution in [1.29, 1.82) is 0 Å². The smallest absolute Gasteiger partial charge is 0.229 e. The van der Waals surface area contributed by atoms with Crippen molar-refractivity contribution in [3.05, 3.63) is 71.3 Å². The zero-order chi connectivity index (χ0) is 24.4. The van der Waals surface area contributed by atoms with Gasteiger partial charge in [0, 0.05) is 17.8 Å². The summed E-state index contributed by atoms with van der Waals surface area (Å²) in [7, 11) is 0. The highest BCUT2D eigenvalue weighted by Gasteiger charge is 2.41. The maximum Gasteiger partial charge on any atom is 0.229 e. The minimum atomic E-state index is -1.26. The first kappa shape index (κ1) is 26.6. The van der Waals surface area contributed by atoms with E-state index in [1.165, 1.54) is 16.0 Å². The molecule has 1 aliphatic heterocycles. The molecule has 1 heterocycles. The minimum Gasteiger partial charge on any atom is -0.548 e. The zero-order valence-electron chi connectivity index (χ0n) is 20.8. The molecule has 0 radical (unpaired) electrons. The van der Waals surface area contributed by atoms with Crippen molar-refractivity contribution < 1.29 is 19.6 Å². The van der Waals surface area contributed by atoms with Crippen LogP contribution < -0.4 is 15.3 Å². The molecule has 5 heteroatoms. The molecule has 1 aliphatic rings. The number of hydrogen-bond donors (Lipinski definition) is 2. The number of piperidine rings is 1. The van der Waals surface area contributed by atoms with Gasteiger partial charge in [0.2, 0.25) is 5.91 Å². The summed E-state index contributed by atoms with van der Waals surface area (Å²) in [6.45, 7) is 13.0. The summed E-state index contributed by atoms with van der Waals surface area (Å²) < 4.78 is 0. The van der Waals surface area contributed by atoms with Crippen LogP contribution >= 0.6 is 0 Å². The third-order valence-electron chi connectivity index (χ3n) is 7.00. The summed E-state index contributed by atoms with van der Waals surface area (Å²) in [5.74, 6) is -1.27. The molecule has 0 aromatic heterocycles. The molecule has 1 unspecified atom stereocenters. The van der Waals surface area contributed by atoms with Gasteiger partial charge in [-0.15, -0.1) is 0 Å². The Morgan fingerprint density at radius 3 is 2.45 bits per heavy atom. The van der Waals surface area contributed by atoms with Crippen LogP contribution in [0.4, 0.5) is 0 Å². The van der Waals surface area contributed by atoms with Gasteiger partial charge in [0.1, 0.15) is 0 Å². The number of rotatable bonds is 8. The molecule has 5 nitrogen and oxygen atoms in total. The van der Waals surface area contributed by atoms with E-state index in [2.05, 4.69) is 50.4 Å². The summed E-state index contributed by atoms with van der Waals surface area (Å²) in [5, 5.41) is 13.4. The van der Waals surface area contributed by atoms with Crippen LogP contribution in [-0.2, 0) is 21.4 Å². The maximum atomic E-state index is 12.8. The van der Waals surface area contributed by atoms with E-state index >= 15 is 0 Å². The summed E-state index contributed by atoms with van der Waals surface area (Å²) in [6, 6.07) is 18.7. The van der Waals surface area contributed by atoms with Crippen LogP contribution in [-0.4, -0.2) is 38.1 Å². The Balaban J connectivity index is 0.00000187. The topological polar surface area (TPSA) is 73.7 Å². The molecule has 33 heavy (non-hydrogen) atoms. The van der Waals surface area contributed by atoms with Crippen molar-refractivity contribution in [1.82, 2.24) is 5.32 Å². The van der Waals surface area contributed by atoms with Crippen LogP contribution in [0, 0.1) is 18.8 Å². The van der Waals surface area contributed by atoms with E-state index in [1.54, 1.807) is 0 Å². The monoisotopic (exact) mass is 452 g/mol. The highest BCUT2D eigenvalue weighted by Crippen LogP contribution is 2.36. The average Bonchev–Trinajstić information content (AvgIpc) is 2.81. The predicted molar refractivity (Wildman–Crippen MR) is 131 cm³/mol. The van der Waals surface area contributed by atoms with Gasteiger partial charge in [-0.2, -0.15) is 0 Å². The quantitative estimate of drug-likeness (QED) is 0.643. The Labute approximate surface area is 199 Å². The molecule has 1 fully saturated rings. The van der Waals surface area contributed by atoms with Crippen LogP contribution in [0.3, 0.4) is 0 Å². The third-order valence-corrected chi connectivity index (χ3v) is 7.00. The van der Waals surface area contributed by atoms with Gasteiger partial charge in [-0.05, 0) is 24.5 Å². The van der Waals surface area contributed by atoms with Crippen LogP contribution in [0.2, 0.25) is 0 Å². The molecular weight excluding hydrogens is 412 g/mol. The fraction of sp³-hybridized carbons (Fsp3) is 0.500. The molecule has 4 atom stereocenters. The molecule has 1 saturated heterocycles. The Morgan fingerprint density at radius 2 is 1.85 bits per heavy atom. The molecule has 2 N–H and O–H groups in total. The van der Waals surface area contributed by atoms with Gasteiger partial charge in [0.15, 0.2) is 0 Å². The molecule has 0 aliphatic carbocycles. The number of amides is 1. The van der Waals surface area contributed by atoms with Gasteiger partial charge >= 0.3 is 0 Å². The number of carbonyl (C=O) groups excluding carboxylic acids is 2. The first-order valence-electron chi connectivity index (χ1n) is 12.2. The van der Waals surface area contributed by atoms with Gasteiger partial charge in [-0.3, -0.25) is 4.79 Å². The lowest BCUT2D eigenvalue weighted by Gasteiger charge is -2.43. The van der Waals surface area contributed by atoms with Crippen LogP contribution in [0.1, 0.15) is 50.8 Å². The fourth-order valence-electron chi connectivity index (χ4n) is 4.87. The normalized spacial score (nSPS) is 23.1. The number of likely N-dealkylation sites (tertiary alicyclic amines) is 1. The van der Waals surface area contributed by atoms with Crippen LogP contribution in [0.25, 0.3) is 0 Å². The maximum absolute atomic E-state index is 12.8. The fourth-order valence-corrected chi connectivity index (χ4v) is 4.87. The lowest BCUT2D eigenvalue weighted by Crippen LogP contribution is -3.15. The average molecular weight is 453 g/mol.